The highest BCUT2D eigenvalue weighted by Crippen LogP contribution is 2.54. The van der Waals surface area contributed by atoms with Gasteiger partial charge in [0, 0.05) is 11.8 Å². The SMILES string of the molecule is CC1CCCC(C)(C)C12CCC(=O)O2. The quantitative estimate of drug-likeness (QED) is 0.557. The standard InChI is InChI=1S/C12H20O2/c1-9-5-4-7-11(2,3)12(9)8-6-10(13)14-12/h9H,4-8H2,1-3H3. The van der Waals surface area contributed by atoms with Crippen molar-refractivity contribution in [2.45, 2.75) is 58.5 Å². The summed E-state index contributed by atoms with van der Waals surface area (Å²) >= 11 is 0. The Morgan fingerprint density at radius 3 is 2.57 bits per heavy atom. The summed E-state index contributed by atoms with van der Waals surface area (Å²) in [5, 5.41) is 0. The van der Waals surface area contributed by atoms with Gasteiger partial charge in [0.1, 0.15) is 5.60 Å². The van der Waals surface area contributed by atoms with Crippen molar-refractivity contribution in [2.24, 2.45) is 11.3 Å². The molecule has 2 nitrogen and oxygen atoms in total. The van der Waals surface area contributed by atoms with E-state index >= 15 is 0 Å². The van der Waals surface area contributed by atoms with Gasteiger partial charge in [0.25, 0.3) is 0 Å². The highest BCUT2D eigenvalue weighted by atomic mass is 16.6. The van der Waals surface area contributed by atoms with Crippen LogP contribution in [0.25, 0.3) is 0 Å². The maximum Gasteiger partial charge on any atom is 0.306 e. The summed E-state index contributed by atoms with van der Waals surface area (Å²) in [6.45, 7) is 6.74. The Kier molecular flexibility index (Phi) is 2.13. The molecule has 0 aromatic rings. The van der Waals surface area contributed by atoms with E-state index in [0.29, 0.717) is 12.3 Å². The molecule has 2 unspecified atom stereocenters. The third-order valence-corrected chi connectivity index (χ3v) is 4.38. The number of carbonyl (C=O) groups is 1. The van der Waals surface area contributed by atoms with E-state index in [9.17, 15) is 4.79 Å². The van der Waals surface area contributed by atoms with Gasteiger partial charge in [-0.3, -0.25) is 4.79 Å². The molecule has 1 aliphatic carbocycles. The van der Waals surface area contributed by atoms with Crippen LogP contribution in [-0.4, -0.2) is 11.6 Å². The molecule has 0 amide bonds. The predicted octanol–water partition coefficient (Wildman–Crippen LogP) is 2.91. The first-order valence-electron chi connectivity index (χ1n) is 5.70. The van der Waals surface area contributed by atoms with Crippen LogP contribution >= 0.6 is 0 Å². The van der Waals surface area contributed by atoms with Gasteiger partial charge in [0.2, 0.25) is 0 Å². The lowest BCUT2D eigenvalue weighted by Gasteiger charge is -2.50. The fourth-order valence-electron chi connectivity index (χ4n) is 3.38. The lowest BCUT2D eigenvalue weighted by atomic mass is 9.60. The van der Waals surface area contributed by atoms with E-state index in [1.165, 1.54) is 19.3 Å². The van der Waals surface area contributed by atoms with E-state index in [-0.39, 0.29) is 17.0 Å². The van der Waals surface area contributed by atoms with Crippen LogP contribution in [-0.2, 0) is 9.53 Å². The molecule has 2 fully saturated rings. The molecule has 1 saturated carbocycles. The van der Waals surface area contributed by atoms with Gasteiger partial charge in [-0.15, -0.1) is 0 Å². The second-order valence-electron chi connectivity index (χ2n) is 5.54. The fraction of sp³-hybridized carbons (Fsp3) is 0.917. The second kappa shape index (κ2) is 2.98. The molecular formula is C12H20O2. The first-order chi connectivity index (χ1) is 6.48. The molecule has 80 valence electrons. The summed E-state index contributed by atoms with van der Waals surface area (Å²) in [6, 6.07) is 0. The predicted molar refractivity (Wildman–Crippen MR) is 54.9 cm³/mol. The van der Waals surface area contributed by atoms with Gasteiger partial charge in [-0.25, -0.2) is 0 Å². The first-order valence-corrected chi connectivity index (χ1v) is 5.70. The highest BCUT2D eigenvalue weighted by molar-refractivity contribution is 5.72. The molecule has 2 atom stereocenters. The minimum atomic E-state index is -0.150. The average Bonchev–Trinajstić information content (AvgIpc) is 2.46. The molecule has 0 aromatic carbocycles. The summed E-state index contributed by atoms with van der Waals surface area (Å²) in [5.41, 5.74) is 0.0131. The van der Waals surface area contributed by atoms with Crippen molar-refractivity contribution in [3.63, 3.8) is 0 Å². The van der Waals surface area contributed by atoms with Crippen molar-refractivity contribution in [1.82, 2.24) is 0 Å². The zero-order valence-electron chi connectivity index (χ0n) is 9.43. The Hall–Kier alpha value is -0.530. The number of ether oxygens (including phenoxy) is 1. The second-order valence-corrected chi connectivity index (χ2v) is 5.54. The van der Waals surface area contributed by atoms with Gasteiger partial charge in [0.15, 0.2) is 0 Å². The van der Waals surface area contributed by atoms with Crippen LogP contribution in [0.5, 0.6) is 0 Å². The zero-order valence-corrected chi connectivity index (χ0v) is 9.43. The number of hydrogen-bond donors (Lipinski definition) is 0. The summed E-state index contributed by atoms with van der Waals surface area (Å²) in [7, 11) is 0. The molecule has 2 rings (SSSR count). The van der Waals surface area contributed by atoms with Gasteiger partial charge in [-0.1, -0.05) is 27.2 Å². The van der Waals surface area contributed by atoms with Crippen molar-refractivity contribution < 1.29 is 9.53 Å². The van der Waals surface area contributed by atoms with Crippen LogP contribution < -0.4 is 0 Å². The Bertz CT molecular complexity index is 257. The Labute approximate surface area is 86.0 Å². The summed E-state index contributed by atoms with van der Waals surface area (Å²) in [4.78, 5) is 11.3. The number of hydrogen-bond acceptors (Lipinski definition) is 2. The monoisotopic (exact) mass is 196 g/mol. The van der Waals surface area contributed by atoms with E-state index in [2.05, 4.69) is 20.8 Å². The molecule has 0 bridgehead atoms. The zero-order chi connectivity index (χ0) is 10.4. The van der Waals surface area contributed by atoms with Crippen molar-refractivity contribution in [1.29, 1.82) is 0 Å². The average molecular weight is 196 g/mol. The van der Waals surface area contributed by atoms with Gasteiger partial charge >= 0.3 is 5.97 Å². The van der Waals surface area contributed by atoms with Gasteiger partial charge in [0.05, 0.1) is 0 Å². The molecule has 0 aromatic heterocycles. The lowest BCUT2D eigenvalue weighted by Crippen LogP contribution is -2.52. The minimum absolute atomic E-state index is 0.00632. The van der Waals surface area contributed by atoms with E-state index in [0.717, 1.165) is 6.42 Å². The van der Waals surface area contributed by atoms with Gasteiger partial charge in [-0.05, 0) is 25.2 Å². The number of carbonyl (C=O) groups excluding carboxylic acids is 1. The molecule has 0 radical (unpaired) electrons. The molecule has 1 aliphatic heterocycles. The fourth-order valence-corrected chi connectivity index (χ4v) is 3.38. The van der Waals surface area contributed by atoms with Crippen molar-refractivity contribution in [3.05, 3.63) is 0 Å². The molecule has 2 heteroatoms. The van der Waals surface area contributed by atoms with E-state index in [1.54, 1.807) is 0 Å². The molecule has 14 heavy (non-hydrogen) atoms. The van der Waals surface area contributed by atoms with Crippen molar-refractivity contribution in [3.8, 4) is 0 Å². The van der Waals surface area contributed by atoms with Gasteiger partial charge < -0.3 is 4.74 Å². The molecule has 1 saturated heterocycles. The van der Waals surface area contributed by atoms with Crippen LogP contribution in [0.3, 0.4) is 0 Å². The molecule has 0 N–H and O–H groups in total. The highest BCUT2D eigenvalue weighted by Gasteiger charge is 2.56. The summed E-state index contributed by atoms with van der Waals surface area (Å²) < 4.78 is 5.68. The summed E-state index contributed by atoms with van der Waals surface area (Å²) in [6.07, 6.45) is 5.21. The smallest absolute Gasteiger partial charge is 0.306 e. The third kappa shape index (κ3) is 1.19. The molecular weight excluding hydrogens is 176 g/mol. The largest absolute Gasteiger partial charge is 0.458 e. The van der Waals surface area contributed by atoms with Crippen LogP contribution in [0, 0.1) is 11.3 Å². The third-order valence-electron chi connectivity index (χ3n) is 4.38. The topological polar surface area (TPSA) is 26.3 Å². The van der Waals surface area contributed by atoms with E-state index in [4.69, 9.17) is 4.74 Å². The lowest BCUT2D eigenvalue weighted by molar-refractivity contribution is -0.175. The van der Waals surface area contributed by atoms with Crippen LogP contribution in [0.4, 0.5) is 0 Å². The maximum absolute atomic E-state index is 11.3. The number of esters is 1. The summed E-state index contributed by atoms with van der Waals surface area (Å²) in [5.74, 6) is 0.532. The number of rotatable bonds is 0. The minimum Gasteiger partial charge on any atom is -0.458 e. The Morgan fingerprint density at radius 2 is 2.07 bits per heavy atom. The Morgan fingerprint density at radius 1 is 1.36 bits per heavy atom. The molecule has 1 spiro atoms. The normalized spacial score (nSPS) is 41.4. The first kappa shape index (κ1) is 10.0. The van der Waals surface area contributed by atoms with Crippen molar-refractivity contribution in [2.75, 3.05) is 0 Å². The van der Waals surface area contributed by atoms with Gasteiger partial charge in [-0.2, -0.15) is 0 Å². The van der Waals surface area contributed by atoms with Crippen LogP contribution in [0.1, 0.15) is 52.9 Å². The van der Waals surface area contributed by atoms with Crippen LogP contribution in [0.15, 0.2) is 0 Å². The van der Waals surface area contributed by atoms with Crippen molar-refractivity contribution >= 4 is 5.97 Å². The van der Waals surface area contributed by atoms with Crippen LogP contribution in [0.2, 0.25) is 0 Å². The van der Waals surface area contributed by atoms with E-state index < -0.39 is 0 Å². The Balaban J connectivity index is 2.32. The van der Waals surface area contributed by atoms with E-state index in [1.807, 2.05) is 0 Å². The molecule has 2 aliphatic rings. The molecule has 1 heterocycles. The maximum atomic E-state index is 11.3.